The molecule has 9 heteroatoms. The average Bonchev–Trinajstić information content (AvgIpc) is 3.13. The molecule has 1 N–H and O–H groups in total. The number of carbonyl (C=O) groups excluding carboxylic acids is 2. The van der Waals surface area contributed by atoms with Gasteiger partial charge in [-0.15, -0.1) is 6.58 Å². The molecule has 0 aromatic heterocycles. The molecule has 0 spiro atoms. The fourth-order valence-electron chi connectivity index (χ4n) is 3.70. The summed E-state index contributed by atoms with van der Waals surface area (Å²) in [6, 6.07) is 12.4. The van der Waals surface area contributed by atoms with Gasteiger partial charge in [0, 0.05) is 6.54 Å². The summed E-state index contributed by atoms with van der Waals surface area (Å²) in [6.45, 7) is 3.83. The Morgan fingerprint density at radius 3 is 2.53 bits per heavy atom. The summed E-state index contributed by atoms with van der Waals surface area (Å²) in [5.41, 5.74) is 1.86. The molecule has 3 rings (SSSR count). The predicted molar refractivity (Wildman–Crippen MR) is 111 cm³/mol. The van der Waals surface area contributed by atoms with Crippen LogP contribution < -0.4 is 10.1 Å². The molecule has 1 aliphatic carbocycles. The first-order chi connectivity index (χ1) is 15.2. The number of alkyl halides is 3. The first kappa shape index (κ1) is 23.2. The van der Waals surface area contributed by atoms with E-state index in [1.807, 2.05) is 35.6 Å². The van der Waals surface area contributed by atoms with Crippen LogP contribution in [0.5, 0.6) is 5.75 Å². The highest BCUT2D eigenvalue weighted by atomic mass is 19.4. The van der Waals surface area contributed by atoms with Gasteiger partial charge >= 0.3 is 18.2 Å². The van der Waals surface area contributed by atoms with Crippen LogP contribution in [0.25, 0.3) is 0 Å². The summed E-state index contributed by atoms with van der Waals surface area (Å²) in [5.74, 6) is -1.61. The number of ether oxygens (including phenoxy) is 2. The van der Waals surface area contributed by atoms with Crippen molar-refractivity contribution in [3.63, 3.8) is 0 Å². The van der Waals surface area contributed by atoms with Gasteiger partial charge in [-0.25, -0.2) is 4.79 Å². The molecule has 2 unspecified atom stereocenters. The topological polar surface area (TPSA) is 67.9 Å². The lowest BCUT2D eigenvalue weighted by molar-refractivity contribution is -0.174. The van der Waals surface area contributed by atoms with Crippen LogP contribution in [0.15, 0.2) is 61.2 Å². The maximum atomic E-state index is 12.9. The van der Waals surface area contributed by atoms with E-state index in [1.54, 1.807) is 18.2 Å². The average molecular weight is 448 g/mol. The molecule has 1 aliphatic rings. The normalized spacial score (nSPS) is 17.2. The summed E-state index contributed by atoms with van der Waals surface area (Å²) in [5, 5.41) is 2.03. The number of carbonyl (C=O) groups is 2. The van der Waals surface area contributed by atoms with E-state index in [4.69, 9.17) is 9.47 Å². The summed E-state index contributed by atoms with van der Waals surface area (Å²) in [4.78, 5) is 25.9. The van der Waals surface area contributed by atoms with Crippen molar-refractivity contribution >= 4 is 12.0 Å². The van der Waals surface area contributed by atoms with Crippen LogP contribution in [0.1, 0.15) is 35.2 Å². The zero-order chi connectivity index (χ0) is 23.3. The fraction of sp³-hybridized carbons (Fsp3) is 0.304. The molecule has 0 radical (unpaired) electrons. The standard InChI is InChI=1S/C23H23F3N2O4/c1-3-11-28(22(30)32-14-15-7-5-4-6-8-15)20-13-19(27-21(29)23(24,25)26)18-12-16(31-2)9-10-17(18)20/h3-10,12,19-20H,1,11,13-14H2,2H3,(H,27,29). The molecule has 2 aromatic carbocycles. The van der Waals surface area contributed by atoms with Gasteiger partial charge in [0.05, 0.1) is 19.2 Å². The second-order valence-electron chi connectivity index (χ2n) is 7.25. The smallest absolute Gasteiger partial charge is 0.471 e. The minimum absolute atomic E-state index is 0.0454. The highest BCUT2D eigenvalue weighted by Gasteiger charge is 2.43. The monoisotopic (exact) mass is 448 g/mol. The molecule has 2 atom stereocenters. The van der Waals surface area contributed by atoms with Crippen LogP contribution in [-0.4, -0.2) is 36.7 Å². The summed E-state index contributed by atoms with van der Waals surface area (Å²) in [7, 11) is 1.43. The number of amides is 2. The minimum atomic E-state index is -5.02. The number of fused-ring (bicyclic) bond motifs is 1. The van der Waals surface area contributed by atoms with Crippen LogP contribution in [-0.2, 0) is 16.1 Å². The van der Waals surface area contributed by atoms with Crippen LogP contribution in [0, 0.1) is 0 Å². The van der Waals surface area contributed by atoms with Gasteiger partial charge in [-0.05, 0) is 35.2 Å². The van der Waals surface area contributed by atoms with E-state index in [9.17, 15) is 22.8 Å². The number of methoxy groups -OCH3 is 1. The van der Waals surface area contributed by atoms with E-state index in [1.165, 1.54) is 18.1 Å². The Labute approximate surface area is 183 Å². The van der Waals surface area contributed by atoms with Crippen LogP contribution >= 0.6 is 0 Å². The van der Waals surface area contributed by atoms with Crippen molar-refractivity contribution in [2.45, 2.75) is 31.3 Å². The third-order valence-corrected chi connectivity index (χ3v) is 5.19. The van der Waals surface area contributed by atoms with Crippen LogP contribution in [0.4, 0.5) is 18.0 Å². The molecule has 0 fully saturated rings. The zero-order valence-electron chi connectivity index (χ0n) is 17.4. The zero-order valence-corrected chi connectivity index (χ0v) is 17.4. The van der Waals surface area contributed by atoms with Crippen molar-refractivity contribution in [2.75, 3.05) is 13.7 Å². The molecular weight excluding hydrogens is 425 g/mol. The van der Waals surface area contributed by atoms with Gasteiger partial charge in [-0.3, -0.25) is 9.69 Å². The molecule has 32 heavy (non-hydrogen) atoms. The maximum Gasteiger partial charge on any atom is 0.471 e. The fourth-order valence-corrected chi connectivity index (χ4v) is 3.70. The van der Waals surface area contributed by atoms with Crippen molar-refractivity contribution in [1.82, 2.24) is 10.2 Å². The Hall–Kier alpha value is -3.49. The summed E-state index contributed by atoms with van der Waals surface area (Å²) < 4.78 is 49.2. The number of nitrogens with one attached hydrogen (secondary N) is 1. The number of hydrogen-bond donors (Lipinski definition) is 1. The molecule has 0 aliphatic heterocycles. The first-order valence-corrected chi connectivity index (χ1v) is 9.88. The number of nitrogens with zero attached hydrogens (tertiary/aromatic N) is 1. The molecule has 2 aromatic rings. The largest absolute Gasteiger partial charge is 0.497 e. The molecule has 6 nitrogen and oxygen atoms in total. The number of hydrogen-bond acceptors (Lipinski definition) is 4. The molecule has 170 valence electrons. The Morgan fingerprint density at radius 2 is 1.91 bits per heavy atom. The van der Waals surface area contributed by atoms with Crippen LogP contribution in [0.2, 0.25) is 0 Å². The van der Waals surface area contributed by atoms with Gasteiger partial charge in [-0.1, -0.05) is 42.5 Å². The summed E-state index contributed by atoms with van der Waals surface area (Å²) >= 11 is 0. The Morgan fingerprint density at radius 1 is 1.19 bits per heavy atom. The van der Waals surface area contributed by atoms with Crippen molar-refractivity contribution in [1.29, 1.82) is 0 Å². The predicted octanol–water partition coefficient (Wildman–Crippen LogP) is 4.68. The third kappa shape index (κ3) is 5.22. The van der Waals surface area contributed by atoms with Gasteiger partial charge in [0.1, 0.15) is 12.4 Å². The molecule has 0 saturated carbocycles. The van der Waals surface area contributed by atoms with E-state index in [-0.39, 0.29) is 19.6 Å². The molecule has 0 heterocycles. The van der Waals surface area contributed by atoms with E-state index < -0.39 is 30.3 Å². The van der Waals surface area contributed by atoms with E-state index in [0.29, 0.717) is 16.9 Å². The number of rotatable bonds is 7. The molecule has 2 amide bonds. The Kier molecular flexibility index (Phi) is 7.07. The minimum Gasteiger partial charge on any atom is -0.497 e. The van der Waals surface area contributed by atoms with E-state index in [2.05, 4.69) is 6.58 Å². The Bertz CT molecular complexity index is 979. The van der Waals surface area contributed by atoms with Crippen molar-refractivity contribution in [3.05, 3.63) is 77.9 Å². The van der Waals surface area contributed by atoms with Gasteiger partial charge < -0.3 is 14.8 Å². The van der Waals surface area contributed by atoms with Gasteiger partial charge in [0.15, 0.2) is 0 Å². The lowest BCUT2D eigenvalue weighted by Crippen LogP contribution is -2.39. The highest BCUT2D eigenvalue weighted by molar-refractivity contribution is 5.82. The van der Waals surface area contributed by atoms with E-state index in [0.717, 1.165) is 5.56 Å². The summed E-state index contributed by atoms with van der Waals surface area (Å²) in [6.07, 6.45) is -4.09. The molecule has 0 bridgehead atoms. The second kappa shape index (κ2) is 9.76. The van der Waals surface area contributed by atoms with Gasteiger partial charge in [-0.2, -0.15) is 13.2 Å². The number of halogens is 3. The van der Waals surface area contributed by atoms with Crippen molar-refractivity contribution in [3.8, 4) is 5.75 Å². The van der Waals surface area contributed by atoms with Crippen molar-refractivity contribution < 1.29 is 32.2 Å². The third-order valence-electron chi connectivity index (χ3n) is 5.19. The second-order valence-corrected chi connectivity index (χ2v) is 7.25. The van der Waals surface area contributed by atoms with E-state index >= 15 is 0 Å². The van der Waals surface area contributed by atoms with Crippen molar-refractivity contribution in [2.24, 2.45) is 0 Å². The maximum absolute atomic E-state index is 12.9. The Balaban J connectivity index is 1.86. The lowest BCUT2D eigenvalue weighted by Gasteiger charge is -2.28. The van der Waals surface area contributed by atoms with Crippen LogP contribution in [0.3, 0.4) is 0 Å². The highest BCUT2D eigenvalue weighted by Crippen LogP contribution is 2.44. The van der Waals surface area contributed by atoms with Gasteiger partial charge in [0.25, 0.3) is 0 Å². The quantitative estimate of drug-likeness (QED) is 0.625. The molecular formula is C23H23F3N2O4. The molecule has 0 saturated heterocycles. The lowest BCUT2D eigenvalue weighted by atomic mass is 10.1. The number of benzene rings is 2. The SMILES string of the molecule is C=CCN(C(=O)OCc1ccccc1)C1CC(NC(=O)C(F)(F)F)c2cc(OC)ccc21. The first-order valence-electron chi connectivity index (χ1n) is 9.88. The van der Waals surface area contributed by atoms with Gasteiger partial charge in [0.2, 0.25) is 0 Å².